The average molecular weight is 506 g/mol. The molecule has 4 N–H and O–H groups in total. The highest BCUT2D eigenvalue weighted by Gasteiger charge is 2.26. The molecule has 2 amide bonds. The van der Waals surface area contributed by atoms with Crippen LogP contribution in [-0.4, -0.2) is 41.7 Å². The van der Waals surface area contributed by atoms with Gasteiger partial charge in [0.25, 0.3) is 11.8 Å². The number of rotatable bonds is 8. The van der Waals surface area contributed by atoms with Crippen LogP contribution in [0.4, 0.5) is 0 Å². The number of hydrogen-bond acceptors (Lipinski definition) is 7. The molecular weight excluding hydrogens is 474 g/mol. The minimum absolute atomic E-state index is 0.123. The predicted octanol–water partition coefficient (Wildman–Crippen LogP) is 3.11. The van der Waals surface area contributed by atoms with Crippen molar-refractivity contribution in [3.8, 4) is 0 Å². The Hall–Kier alpha value is -3.63. The number of aliphatic imine (C=N–C) groups is 1. The van der Waals surface area contributed by atoms with E-state index in [0.717, 1.165) is 35.4 Å². The summed E-state index contributed by atoms with van der Waals surface area (Å²) in [5.74, 6) is 0.528. The Balaban J connectivity index is 1.39. The third kappa shape index (κ3) is 5.77. The maximum atomic E-state index is 13.0. The van der Waals surface area contributed by atoms with Gasteiger partial charge in [-0.05, 0) is 53.0 Å². The second-order valence-electron chi connectivity index (χ2n) is 8.91. The minimum atomic E-state index is -0.342. The molecule has 0 radical (unpaired) electrons. The van der Waals surface area contributed by atoms with Gasteiger partial charge in [-0.25, -0.2) is 15.4 Å². The van der Waals surface area contributed by atoms with Gasteiger partial charge in [0, 0.05) is 37.1 Å². The smallest absolute Gasteiger partial charge is 0.270 e. The zero-order valence-electron chi connectivity index (χ0n) is 20.9. The number of hydrazine groups is 1. The standard InChI is InChI=1S/C26H31N7O2S/c1-15(2)23-9-16(13-36-23)12-29-25(34)21-11-22(31-14-30-21)26(35)32-20-8-6-17-10-18(5-7-19(17)20)24(27-3)33-28-4/h5,7,9-11,13-15,20,28H,6,8,12H2,1-4H3,(H,27,33)(H,29,34)(H,32,35). The molecule has 10 heteroatoms. The van der Waals surface area contributed by atoms with E-state index in [2.05, 4.69) is 62.4 Å². The highest BCUT2D eigenvalue weighted by molar-refractivity contribution is 7.10. The monoisotopic (exact) mass is 505 g/mol. The summed E-state index contributed by atoms with van der Waals surface area (Å²) in [6.07, 6.45) is 2.89. The molecule has 1 unspecified atom stereocenters. The Labute approximate surface area is 214 Å². The van der Waals surface area contributed by atoms with Crippen LogP contribution in [0.3, 0.4) is 0 Å². The summed E-state index contributed by atoms with van der Waals surface area (Å²) in [4.78, 5) is 39.3. The number of hydrogen-bond donors (Lipinski definition) is 4. The van der Waals surface area contributed by atoms with E-state index in [0.29, 0.717) is 12.5 Å². The molecule has 0 saturated heterocycles. The minimum Gasteiger partial charge on any atom is -0.347 e. The van der Waals surface area contributed by atoms with Gasteiger partial charge in [0.05, 0.1) is 6.04 Å². The SMILES string of the molecule is CN=C(NNC)c1ccc2c(c1)CCC2NC(=O)c1cc(C(=O)NCc2csc(C(C)C)c2)ncn1. The number of nitrogens with zero attached hydrogens (tertiary/aromatic N) is 3. The first kappa shape index (κ1) is 25.5. The van der Waals surface area contributed by atoms with Crippen molar-refractivity contribution < 1.29 is 9.59 Å². The van der Waals surface area contributed by atoms with E-state index in [1.807, 2.05) is 17.5 Å². The molecule has 3 aromatic rings. The fraction of sp³-hybridized carbons (Fsp3) is 0.346. The molecule has 36 heavy (non-hydrogen) atoms. The Kier molecular flexibility index (Phi) is 8.07. The summed E-state index contributed by atoms with van der Waals surface area (Å²) in [6, 6.07) is 9.52. The zero-order chi connectivity index (χ0) is 25.7. The molecule has 0 fully saturated rings. The third-order valence-corrected chi connectivity index (χ3v) is 7.38. The number of aryl methyl sites for hydroxylation is 1. The molecule has 0 bridgehead atoms. The van der Waals surface area contributed by atoms with Crippen LogP contribution >= 0.6 is 11.3 Å². The molecule has 4 rings (SSSR count). The van der Waals surface area contributed by atoms with Crippen LogP contribution in [-0.2, 0) is 13.0 Å². The van der Waals surface area contributed by atoms with Gasteiger partial charge in [-0.3, -0.25) is 14.6 Å². The van der Waals surface area contributed by atoms with Gasteiger partial charge in [-0.1, -0.05) is 26.0 Å². The maximum Gasteiger partial charge on any atom is 0.270 e. The average Bonchev–Trinajstić information content (AvgIpc) is 3.53. The summed E-state index contributed by atoms with van der Waals surface area (Å²) < 4.78 is 0. The normalized spacial score (nSPS) is 15.0. The number of fused-ring (bicyclic) bond motifs is 1. The van der Waals surface area contributed by atoms with Crippen LogP contribution in [0.15, 0.2) is 47.0 Å². The summed E-state index contributed by atoms with van der Waals surface area (Å²) in [5.41, 5.74) is 10.5. The van der Waals surface area contributed by atoms with Crippen molar-refractivity contribution in [2.75, 3.05) is 14.1 Å². The first-order chi connectivity index (χ1) is 17.4. The molecule has 0 saturated carbocycles. The highest BCUT2D eigenvalue weighted by Crippen LogP contribution is 2.32. The first-order valence-corrected chi connectivity index (χ1v) is 12.8. The van der Waals surface area contributed by atoms with Gasteiger partial charge in [-0.2, -0.15) is 0 Å². The van der Waals surface area contributed by atoms with Gasteiger partial charge in [0.1, 0.15) is 23.6 Å². The van der Waals surface area contributed by atoms with Crippen LogP contribution in [0, 0.1) is 0 Å². The molecule has 0 aliphatic heterocycles. The molecule has 9 nitrogen and oxygen atoms in total. The number of amides is 2. The van der Waals surface area contributed by atoms with E-state index in [9.17, 15) is 9.59 Å². The fourth-order valence-corrected chi connectivity index (χ4v) is 5.12. The second kappa shape index (κ2) is 11.4. The number of aromatic nitrogens is 2. The molecule has 2 aromatic heterocycles. The quantitative estimate of drug-likeness (QED) is 0.212. The van der Waals surface area contributed by atoms with Gasteiger partial charge in [0.15, 0.2) is 0 Å². The first-order valence-electron chi connectivity index (χ1n) is 11.9. The topological polar surface area (TPSA) is 120 Å². The molecule has 188 valence electrons. The van der Waals surface area contributed by atoms with Gasteiger partial charge in [-0.15, -0.1) is 11.3 Å². The van der Waals surface area contributed by atoms with E-state index in [1.165, 1.54) is 22.8 Å². The summed E-state index contributed by atoms with van der Waals surface area (Å²) in [6.45, 7) is 4.69. The zero-order valence-corrected chi connectivity index (χ0v) is 21.7. The molecule has 1 aromatic carbocycles. The highest BCUT2D eigenvalue weighted by atomic mass is 32.1. The van der Waals surface area contributed by atoms with E-state index >= 15 is 0 Å². The molecule has 1 aliphatic carbocycles. The Morgan fingerprint density at radius 3 is 2.61 bits per heavy atom. The second-order valence-corrected chi connectivity index (χ2v) is 9.85. The largest absolute Gasteiger partial charge is 0.347 e. The summed E-state index contributed by atoms with van der Waals surface area (Å²) in [7, 11) is 3.52. The number of carbonyl (C=O) groups excluding carboxylic acids is 2. The van der Waals surface area contributed by atoms with E-state index < -0.39 is 0 Å². The van der Waals surface area contributed by atoms with Crippen molar-refractivity contribution in [1.82, 2.24) is 31.5 Å². The third-order valence-electron chi connectivity index (χ3n) is 6.10. The van der Waals surface area contributed by atoms with Crippen molar-refractivity contribution in [3.05, 3.63) is 80.6 Å². The number of carbonyl (C=O) groups is 2. The Bertz CT molecular complexity index is 1280. The van der Waals surface area contributed by atoms with Gasteiger partial charge in [0.2, 0.25) is 0 Å². The molecule has 1 atom stereocenters. The number of amidine groups is 1. The van der Waals surface area contributed by atoms with Crippen molar-refractivity contribution in [2.24, 2.45) is 4.99 Å². The van der Waals surface area contributed by atoms with Crippen molar-refractivity contribution in [2.45, 2.75) is 45.2 Å². The van der Waals surface area contributed by atoms with Crippen molar-refractivity contribution in [1.29, 1.82) is 0 Å². The molecule has 0 spiro atoms. The van der Waals surface area contributed by atoms with Crippen molar-refractivity contribution in [3.63, 3.8) is 0 Å². The molecule has 1 aliphatic rings. The lowest BCUT2D eigenvalue weighted by atomic mass is 10.0. The van der Waals surface area contributed by atoms with Gasteiger partial charge >= 0.3 is 0 Å². The lowest BCUT2D eigenvalue weighted by Crippen LogP contribution is -2.35. The lowest BCUT2D eigenvalue weighted by Gasteiger charge is -2.15. The summed E-state index contributed by atoms with van der Waals surface area (Å²) >= 11 is 1.69. The number of thiophene rings is 1. The van der Waals surface area contributed by atoms with E-state index in [1.54, 1.807) is 25.4 Å². The molecular formula is C26H31N7O2S. The number of benzene rings is 1. The van der Waals surface area contributed by atoms with E-state index in [4.69, 9.17) is 0 Å². The van der Waals surface area contributed by atoms with E-state index in [-0.39, 0.29) is 29.2 Å². The Morgan fingerprint density at radius 2 is 1.92 bits per heavy atom. The van der Waals surface area contributed by atoms with Gasteiger partial charge < -0.3 is 16.1 Å². The van der Waals surface area contributed by atoms with Crippen LogP contribution in [0.1, 0.15) is 80.3 Å². The van der Waals surface area contributed by atoms with Crippen LogP contribution in [0.25, 0.3) is 0 Å². The Morgan fingerprint density at radius 1 is 1.14 bits per heavy atom. The van der Waals surface area contributed by atoms with Crippen LogP contribution in [0.5, 0.6) is 0 Å². The fourth-order valence-electron chi connectivity index (χ4n) is 4.19. The van der Waals surface area contributed by atoms with Crippen LogP contribution in [0.2, 0.25) is 0 Å². The lowest BCUT2D eigenvalue weighted by molar-refractivity contribution is 0.0931. The maximum absolute atomic E-state index is 13.0. The van der Waals surface area contributed by atoms with Crippen molar-refractivity contribution >= 4 is 29.0 Å². The summed E-state index contributed by atoms with van der Waals surface area (Å²) in [5, 5.41) is 7.98. The predicted molar refractivity (Wildman–Crippen MR) is 141 cm³/mol. The molecule has 2 heterocycles. The van der Waals surface area contributed by atoms with Crippen LogP contribution < -0.4 is 21.5 Å². The number of nitrogens with one attached hydrogen (secondary N) is 4.